The molecule has 7 nitrogen and oxygen atoms in total. The molecule has 0 unspecified atom stereocenters. The molecule has 2 heterocycles. The fraction of sp³-hybridized carbons (Fsp3) is 0.294. The van der Waals surface area contributed by atoms with Gasteiger partial charge < -0.3 is 25.5 Å². The first-order valence-corrected chi connectivity index (χ1v) is 7.77. The maximum absolute atomic E-state index is 12.1. The molecule has 4 N–H and O–H groups in total. The van der Waals surface area contributed by atoms with E-state index in [1.165, 1.54) is 6.26 Å². The summed E-state index contributed by atoms with van der Waals surface area (Å²) in [5.74, 6) is -0.275. The number of nitrogens with one attached hydrogen (secondary N) is 2. The zero-order chi connectivity index (χ0) is 16.9. The van der Waals surface area contributed by atoms with Gasteiger partial charge in [-0.25, -0.2) is 0 Å². The molecule has 0 bridgehead atoms. The average molecular weight is 329 g/mol. The van der Waals surface area contributed by atoms with Crippen molar-refractivity contribution in [2.75, 3.05) is 17.2 Å². The highest BCUT2D eigenvalue weighted by atomic mass is 16.5. The summed E-state index contributed by atoms with van der Waals surface area (Å²) in [5.41, 5.74) is 6.78. The van der Waals surface area contributed by atoms with Gasteiger partial charge in [-0.05, 0) is 49.2 Å². The first-order chi connectivity index (χ1) is 11.7. The Bertz CT molecular complexity index is 697. The molecule has 2 atom stereocenters. The number of anilines is 2. The molecule has 0 spiro atoms. The number of nitrogens with two attached hydrogens (primary N) is 1. The second-order valence-electron chi connectivity index (χ2n) is 5.56. The fourth-order valence-corrected chi connectivity index (χ4v) is 2.53. The van der Waals surface area contributed by atoms with Crippen molar-refractivity contribution >= 4 is 23.2 Å². The lowest BCUT2D eigenvalue weighted by atomic mass is 10.2. The zero-order valence-electron chi connectivity index (χ0n) is 13.0. The monoisotopic (exact) mass is 329 g/mol. The van der Waals surface area contributed by atoms with Crippen molar-refractivity contribution in [1.29, 1.82) is 0 Å². The van der Waals surface area contributed by atoms with Crippen molar-refractivity contribution < 1.29 is 18.7 Å². The number of benzene rings is 1. The number of furan rings is 1. The number of amides is 2. The standard InChI is InChI=1S/C17H19N3O4/c18-10-13-7-8-15(24-13)17(22)20-12-5-3-11(4-6-12)19-16(21)14-2-1-9-23-14/h1-6,9,13,15H,7-8,10,18H2,(H,19,21)(H,20,22)/t13-,15+/m1/s1. The first-order valence-electron chi connectivity index (χ1n) is 7.77. The van der Waals surface area contributed by atoms with Gasteiger partial charge >= 0.3 is 0 Å². The Kier molecular flexibility index (Phi) is 4.93. The Morgan fingerprint density at radius 2 is 1.79 bits per heavy atom. The van der Waals surface area contributed by atoms with Crippen LogP contribution in [0.15, 0.2) is 47.1 Å². The van der Waals surface area contributed by atoms with Crippen molar-refractivity contribution in [3.05, 3.63) is 48.4 Å². The van der Waals surface area contributed by atoms with Gasteiger partial charge in [0, 0.05) is 17.9 Å². The number of rotatable bonds is 5. The minimum Gasteiger partial charge on any atom is -0.459 e. The molecule has 0 aliphatic carbocycles. The Labute approximate surface area is 139 Å². The predicted octanol–water partition coefficient (Wildman–Crippen LogP) is 1.98. The van der Waals surface area contributed by atoms with E-state index in [2.05, 4.69) is 10.6 Å². The number of ether oxygens (including phenoxy) is 1. The zero-order valence-corrected chi connectivity index (χ0v) is 13.0. The fourth-order valence-electron chi connectivity index (χ4n) is 2.53. The van der Waals surface area contributed by atoms with Crippen LogP contribution in [0.5, 0.6) is 0 Å². The van der Waals surface area contributed by atoms with Gasteiger partial charge in [0.1, 0.15) is 6.10 Å². The van der Waals surface area contributed by atoms with Gasteiger partial charge in [-0.2, -0.15) is 0 Å². The Hall–Kier alpha value is -2.64. The van der Waals surface area contributed by atoms with Crippen LogP contribution in [-0.4, -0.2) is 30.6 Å². The topological polar surface area (TPSA) is 107 Å². The van der Waals surface area contributed by atoms with Crippen LogP contribution in [0.25, 0.3) is 0 Å². The Morgan fingerprint density at radius 1 is 1.08 bits per heavy atom. The highest BCUT2D eigenvalue weighted by molar-refractivity contribution is 6.02. The summed E-state index contributed by atoms with van der Waals surface area (Å²) in [7, 11) is 0. The molecule has 1 aliphatic heterocycles. The Morgan fingerprint density at radius 3 is 2.38 bits per heavy atom. The van der Waals surface area contributed by atoms with Gasteiger partial charge in [0.2, 0.25) is 0 Å². The molecule has 2 aromatic rings. The minimum atomic E-state index is -0.461. The summed E-state index contributed by atoms with van der Waals surface area (Å²) in [6.45, 7) is 0.424. The molecular formula is C17H19N3O4. The lowest BCUT2D eigenvalue weighted by molar-refractivity contribution is -0.126. The summed E-state index contributed by atoms with van der Waals surface area (Å²) < 4.78 is 10.6. The van der Waals surface area contributed by atoms with Crippen molar-refractivity contribution in [1.82, 2.24) is 0 Å². The lowest BCUT2D eigenvalue weighted by Crippen LogP contribution is -2.29. The normalized spacial score (nSPS) is 19.9. The second kappa shape index (κ2) is 7.29. The van der Waals surface area contributed by atoms with E-state index in [-0.39, 0.29) is 23.7 Å². The maximum Gasteiger partial charge on any atom is 0.291 e. The molecular weight excluding hydrogens is 310 g/mol. The summed E-state index contributed by atoms with van der Waals surface area (Å²) in [5, 5.41) is 5.51. The van der Waals surface area contributed by atoms with Gasteiger partial charge in [0.05, 0.1) is 12.4 Å². The molecule has 2 amide bonds. The van der Waals surface area contributed by atoms with E-state index in [1.807, 2.05) is 0 Å². The van der Waals surface area contributed by atoms with Crippen molar-refractivity contribution in [2.45, 2.75) is 25.0 Å². The molecule has 1 fully saturated rings. The summed E-state index contributed by atoms with van der Waals surface area (Å²) >= 11 is 0. The number of carbonyl (C=O) groups excluding carboxylic acids is 2. The average Bonchev–Trinajstić information content (AvgIpc) is 3.28. The van der Waals surface area contributed by atoms with Crippen molar-refractivity contribution in [3.63, 3.8) is 0 Å². The van der Waals surface area contributed by atoms with Gasteiger partial charge in [-0.3, -0.25) is 9.59 Å². The van der Waals surface area contributed by atoms with Crippen LogP contribution >= 0.6 is 0 Å². The number of hydrogen-bond acceptors (Lipinski definition) is 5. The van der Waals surface area contributed by atoms with Crippen LogP contribution in [0, 0.1) is 0 Å². The number of hydrogen-bond donors (Lipinski definition) is 3. The molecule has 1 saturated heterocycles. The number of carbonyl (C=O) groups is 2. The molecule has 126 valence electrons. The van der Waals surface area contributed by atoms with Crippen LogP contribution < -0.4 is 16.4 Å². The summed E-state index contributed by atoms with van der Waals surface area (Å²) in [6, 6.07) is 10.1. The van der Waals surface area contributed by atoms with E-state index in [0.717, 1.165) is 6.42 Å². The van der Waals surface area contributed by atoms with Crippen molar-refractivity contribution in [2.24, 2.45) is 5.73 Å². The highest BCUT2D eigenvalue weighted by Gasteiger charge is 2.29. The highest BCUT2D eigenvalue weighted by Crippen LogP contribution is 2.21. The van der Waals surface area contributed by atoms with E-state index in [9.17, 15) is 9.59 Å². The van der Waals surface area contributed by atoms with E-state index in [1.54, 1.807) is 36.4 Å². The molecule has 0 saturated carbocycles. The van der Waals surface area contributed by atoms with E-state index >= 15 is 0 Å². The van der Waals surface area contributed by atoms with Crippen LogP contribution in [0.2, 0.25) is 0 Å². The third-order valence-electron chi connectivity index (χ3n) is 3.82. The van der Waals surface area contributed by atoms with E-state index < -0.39 is 6.10 Å². The third kappa shape index (κ3) is 3.81. The van der Waals surface area contributed by atoms with Crippen LogP contribution in [0.3, 0.4) is 0 Å². The van der Waals surface area contributed by atoms with Gasteiger partial charge in [0.15, 0.2) is 5.76 Å². The quantitative estimate of drug-likeness (QED) is 0.777. The van der Waals surface area contributed by atoms with Gasteiger partial charge in [0.25, 0.3) is 11.8 Å². The Balaban J connectivity index is 1.55. The van der Waals surface area contributed by atoms with Gasteiger partial charge in [-0.1, -0.05) is 0 Å². The second-order valence-corrected chi connectivity index (χ2v) is 5.56. The molecule has 3 rings (SSSR count). The molecule has 24 heavy (non-hydrogen) atoms. The summed E-state index contributed by atoms with van der Waals surface area (Å²) in [4.78, 5) is 24.0. The van der Waals surface area contributed by atoms with E-state index in [4.69, 9.17) is 14.9 Å². The third-order valence-corrected chi connectivity index (χ3v) is 3.82. The summed E-state index contributed by atoms with van der Waals surface area (Å²) in [6.07, 6.45) is 2.40. The van der Waals surface area contributed by atoms with Crippen LogP contribution in [-0.2, 0) is 9.53 Å². The first kappa shape index (κ1) is 16.2. The molecule has 7 heteroatoms. The van der Waals surface area contributed by atoms with Crippen LogP contribution in [0.1, 0.15) is 23.4 Å². The van der Waals surface area contributed by atoms with Crippen molar-refractivity contribution in [3.8, 4) is 0 Å². The minimum absolute atomic E-state index is 0.0417. The molecule has 1 aromatic heterocycles. The lowest BCUT2D eigenvalue weighted by Gasteiger charge is -2.13. The van der Waals surface area contributed by atoms with E-state index in [0.29, 0.717) is 24.3 Å². The predicted molar refractivity (Wildman–Crippen MR) is 88.7 cm³/mol. The van der Waals surface area contributed by atoms with Gasteiger partial charge in [-0.15, -0.1) is 0 Å². The molecule has 1 aliphatic rings. The smallest absolute Gasteiger partial charge is 0.291 e. The molecule has 1 aromatic carbocycles. The molecule has 0 radical (unpaired) electrons. The SMILES string of the molecule is NC[C@H]1CC[C@@H](C(=O)Nc2ccc(NC(=O)c3ccco3)cc2)O1. The van der Waals surface area contributed by atoms with Crippen LogP contribution in [0.4, 0.5) is 11.4 Å². The maximum atomic E-state index is 12.1. The largest absolute Gasteiger partial charge is 0.459 e.